The number of benzene rings is 1. The van der Waals surface area contributed by atoms with E-state index in [0.717, 1.165) is 25.8 Å². The van der Waals surface area contributed by atoms with Crippen molar-refractivity contribution in [3.05, 3.63) is 23.8 Å². The van der Waals surface area contributed by atoms with E-state index in [0.29, 0.717) is 17.2 Å². The highest BCUT2D eigenvalue weighted by Gasteiger charge is 2.25. The molecule has 1 aliphatic rings. The molecule has 1 aromatic carbocycles. The van der Waals surface area contributed by atoms with Crippen LogP contribution < -0.4 is 9.47 Å². The van der Waals surface area contributed by atoms with Crippen molar-refractivity contribution in [2.75, 3.05) is 20.2 Å². The van der Waals surface area contributed by atoms with Crippen LogP contribution in [0.15, 0.2) is 18.2 Å². The van der Waals surface area contributed by atoms with Gasteiger partial charge in [-0.25, -0.2) is 0 Å². The first-order valence-corrected chi connectivity index (χ1v) is 9.19. The number of unbranched alkanes of at least 4 members (excludes halogenated alkanes) is 1. The van der Waals surface area contributed by atoms with Gasteiger partial charge in [0.1, 0.15) is 17.9 Å². The summed E-state index contributed by atoms with van der Waals surface area (Å²) in [5.74, 6) is 0.134. The van der Waals surface area contributed by atoms with E-state index in [9.17, 15) is 14.4 Å². The maximum absolute atomic E-state index is 12.3. The van der Waals surface area contributed by atoms with Crippen molar-refractivity contribution in [2.45, 2.75) is 46.0 Å². The standard InChI is InChI=1S/C20H27NO5/c1-4-6-7-14(5-2)12-21(3)19(23)13-25-15-8-9-16-17(22)11-20(24)26-18(16)10-15/h8-10,14H,4-7,11-13H2,1-3H3. The number of Topliss-reactive ketones (excluding diaryl/α,β-unsaturated/α-hetero) is 1. The summed E-state index contributed by atoms with van der Waals surface area (Å²) < 4.78 is 10.6. The van der Waals surface area contributed by atoms with Gasteiger partial charge in [-0.1, -0.05) is 33.1 Å². The Morgan fingerprint density at radius 1 is 1.31 bits per heavy atom. The number of amides is 1. The molecule has 1 atom stereocenters. The second-order valence-electron chi connectivity index (χ2n) is 6.71. The number of carbonyl (C=O) groups is 3. The second kappa shape index (κ2) is 9.36. The number of fused-ring (bicyclic) bond motifs is 1. The third-order valence-electron chi connectivity index (χ3n) is 4.65. The fourth-order valence-electron chi connectivity index (χ4n) is 2.95. The molecular formula is C20H27NO5. The molecule has 1 aliphatic heterocycles. The Kier molecular flexibility index (Phi) is 7.18. The summed E-state index contributed by atoms with van der Waals surface area (Å²) in [6.07, 6.45) is 4.25. The normalized spacial score (nSPS) is 14.4. The van der Waals surface area contributed by atoms with Gasteiger partial charge in [0.2, 0.25) is 0 Å². The van der Waals surface area contributed by atoms with Crippen molar-refractivity contribution >= 4 is 17.7 Å². The highest BCUT2D eigenvalue weighted by Crippen LogP contribution is 2.29. The van der Waals surface area contributed by atoms with E-state index < -0.39 is 5.97 Å². The molecule has 6 heteroatoms. The monoisotopic (exact) mass is 361 g/mol. The zero-order chi connectivity index (χ0) is 19.1. The van der Waals surface area contributed by atoms with Crippen LogP contribution in [0.5, 0.6) is 11.5 Å². The zero-order valence-electron chi connectivity index (χ0n) is 15.7. The zero-order valence-corrected chi connectivity index (χ0v) is 15.7. The minimum Gasteiger partial charge on any atom is -0.484 e. The molecule has 1 amide bonds. The van der Waals surface area contributed by atoms with Gasteiger partial charge in [0.15, 0.2) is 12.4 Å². The van der Waals surface area contributed by atoms with Gasteiger partial charge in [-0.2, -0.15) is 0 Å². The van der Waals surface area contributed by atoms with Crippen LogP contribution in [0.1, 0.15) is 56.3 Å². The van der Waals surface area contributed by atoms with E-state index >= 15 is 0 Å². The third kappa shape index (κ3) is 5.31. The Balaban J connectivity index is 1.89. The molecule has 26 heavy (non-hydrogen) atoms. The molecule has 0 radical (unpaired) electrons. The Morgan fingerprint density at radius 3 is 2.77 bits per heavy atom. The van der Waals surface area contributed by atoms with E-state index in [-0.39, 0.29) is 30.5 Å². The number of rotatable bonds is 9. The van der Waals surface area contributed by atoms with Crippen LogP contribution in [0.25, 0.3) is 0 Å². The topological polar surface area (TPSA) is 72.9 Å². The molecule has 0 aromatic heterocycles. The van der Waals surface area contributed by atoms with Crippen LogP contribution in [0.4, 0.5) is 0 Å². The summed E-state index contributed by atoms with van der Waals surface area (Å²) in [6, 6.07) is 4.65. The Labute approximate surface area is 154 Å². The number of ether oxygens (including phenoxy) is 2. The molecule has 2 rings (SSSR count). The lowest BCUT2D eigenvalue weighted by atomic mass is 9.99. The molecule has 0 bridgehead atoms. The van der Waals surface area contributed by atoms with Gasteiger partial charge in [-0.05, 0) is 24.5 Å². The Hall–Kier alpha value is -2.37. The Morgan fingerprint density at radius 2 is 2.08 bits per heavy atom. The van der Waals surface area contributed by atoms with Gasteiger partial charge in [0.05, 0.1) is 5.56 Å². The van der Waals surface area contributed by atoms with Crippen LogP contribution in [0.2, 0.25) is 0 Å². The minimum absolute atomic E-state index is 0.0958. The molecule has 0 saturated carbocycles. The summed E-state index contributed by atoms with van der Waals surface area (Å²) >= 11 is 0. The van der Waals surface area contributed by atoms with Crippen LogP contribution in [0.3, 0.4) is 0 Å². The highest BCUT2D eigenvalue weighted by atomic mass is 16.5. The van der Waals surface area contributed by atoms with Gasteiger partial charge in [0, 0.05) is 19.7 Å². The number of likely N-dealkylation sites (N-methyl/N-ethyl adjacent to an activating group) is 1. The van der Waals surface area contributed by atoms with Crippen molar-refractivity contribution in [2.24, 2.45) is 5.92 Å². The fraction of sp³-hybridized carbons (Fsp3) is 0.550. The molecule has 1 unspecified atom stereocenters. The summed E-state index contributed by atoms with van der Waals surface area (Å²) in [6.45, 7) is 4.93. The van der Waals surface area contributed by atoms with E-state index in [1.54, 1.807) is 24.1 Å². The fourth-order valence-corrected chi connectivity index (χ4v) is 2.95. The molecule has 142 valence electrons. The van der Waals surface area contributed by atoms with Gasteiger partial charge < -0.3 is 14.4 Å². The van der Waals surface area contributed by atoms with E-state index in [1.807, 2.05) is 0 Å². The van der Waals surface area contributed by atoms with Crippen molar-refractivity contribution < 1.29 is 23.9 Å². The third-order valence-corrected chi connectivity index (χ3v) is 4.65. The lowest BCUT2D eigenvalue weighted by Crippen LogP contribution is -2.35. The van der Waals surface area contributed by atoms with Gasteiger partial charge in [0.25, 0.3) is 5.91 Å². The SMILES string of the molecule is CCCCC(CC)CN(C)C(=O)COc1ccc2c(c1)OC(=O)CC2=O. The number of nitrogens with zero attached hydrogens (tertiary/aromatic N) is 1. The molecule has 0 spiro atoms. The van der Waals surface area contributed by atoms with Crippen molar-refractivity contribution in [3.8, 4) is 11.5 Å². The second-order valence-corrected chi connectivity index (χ2v) is 6.71. The minimum atomic E-state index is -0.576. The number of ketones is 1. The predicted molar refractivity (Wildman–Crippen MR) is 97.5 cm³/mol. The maximum Gasteiger partial charge on any atom is 0.319 e. The van der Waals surface area contributed by atoms with Crippen molar-refractivity contribution in [3.63, 3.8) is 0 Å². The smallest absolute Gasteiger partial charge is 0.319 e. The van der Waals surface area contributed by atoms with Crippen LogP contribution in [-0.4, -0.2) is 42.8 Å². The summed E-state index contributed by atoms with van der Waals surface area (Å²) in [7, 11) is 1.79. The molecule has 1 heterocycles. The van der Waals surface area contributed by atoms with E-state index in [2.05, 4.69) is 13.8 Å². The first-order valence-electron chi connectivity index (χ1n) is 9.19. The maximum atomic E-state index is 12.3. The first-order chi connectivity index (χ1) is 12.4. The van der Waals surface area contributed by atoms with Crippen molar-refractivity contribution in [1.29, 1.82) is 0 Å². The van der Waals surface area contributed by atoms with Gasteiger partial charge >= 0.3 is 5.97 Å². The summed E-state index contributed by atoms with van der Waals surface area (Å²) in [5, 5.41) is 0. The molecule has 0 N–H and O–H groups in total. The molecular weight excluding hydrogens is 334 g/mol. The number of carbonyl (C=O) groups excluding carboxylic acids is 3. The average molecular weight is 361 g/mol. The lowest BCUT2D eigenvalue weighted by molar-refractivity contribution is -0.134. The summed E-state index contributed by atoms with van der Waals surface area (Å²) in [5.41, 5.74) is 0.363. The van der Waals surface area contributed by atoms with Crippen LogP contribution in [-0.2, 0) is 9.59 Å². The molecule has 0 aliphatic carbocycles. The predicted octanol–water partition coefficient (Wildman–Crippen LogP) is 3.23. The molecule has 1 aromatic rings. The lowest BCUT2D eigenvalue weighted by Gasteiger charge is -2.23. The number of hydrogen-bond donors (Lipinski definition) is 0. The van der Waals surface area contributed by atoms with Gasteiger partial charge in [-0.15, -0.1) is 0 Å². The largest absolute Gasteiger partial charge is 0.484 e. The van der Waals surface area contributed by atoms with Crippen LogP contribution in [0, 0.1) is 5.92 Å². The quantitative estimate of drug-likeness (QED) is 0.384. The van der Waals surface area contributed by atoms with E-state index in [1.165, 1.54) is 12.5 Å². The average Bonchev–Trinajstić information content (AvgIpc) is 2.62. The van der Waals surface area contributed by atoms with Gasteiger partial charge in [-0.3, -0.25) is 14.4 Å². The summed E-state index contributed by atoms with van der Waals surface area (Å²) in [4.78, 5) is 37.1. The van der Waals surface area contributed by atoms with E-state index in [4.69, 9.17) is 9.47 Å². The first kappa shape index (κ1) is 19.9. The Bertz CT molecular complexity index is 670. The number of hydrogen-bond acceptors (Lipinski definition) is 5. The molecule has 6 nitrogen and oxygen atoms in total. The van der Waals surface area contributed by atoms with Crippen LogP contribution >= 0.6 is 0 Å². The molecule has 0 saturated heterocycles. The number of esters is 1. The highest BCUT2D eigenvalue weighted by molar-refractivity contribution is 6.11. The molecule has 0 fully saturated rings. The van der Waals surface area contributed by atoms with Crippen molar-refractivity contribution in [1.82, 2.24) is 4.90 Å².